The number of benzene rings is 1. The first-order valence-electron chi connectivity index (χ1n) is 9.82. The molecule has 0 bridgehead atoms. The summed E-state index contributed by atoms with van der Waals surface area (Å²) in [5, 5.41) is 9.73. The quantitative estimate of drug-likeness (QED) is 0.479. The van der Waals surface area contributed by atoms with E-state index in [1.165, 1.54) is 54.3 Å². The van der Waals surface area contributed by atoms with Crippen LogP contribution in [0.2, 0.25) is 0 Å². The first-order chi connectivity index (χ1) is 17.1. The lowest BCUT2D eigenvalue weighted by Gasteiger charge is -2.20. The highest BCUT2D eigenvalue weighted by atomic mass is 19.4. The fourth-order valence-electron chi connectivity index (χ4n) is 2.72. The Balaban J connectivity index is 0.000000604. The van der Waals surface area contributed by atoms with Gasteiger partial charge in [0.15, 0.2) is 0 Å². The zero-order valence-corrected chi connectivity index (χ0v) is 18.5. The minimum atomic E-state index is -5.08. The molecule has 0 fully saturated rings. The van der Waals surface area contributed by atoms with Crippen LogP contribution in [0.1, 0.15) is 27.7 Å². The van der Waals surface area contributed by atoms with Crippen molar-refractivity contribution in [1.82, 2.24) is 14.9 Å². The molecule has 0 aliphatic carbocycles. The molecule has 0 saturated heterocycles. The number of nitrogens with zero attached hydrogens (tertiary/aromatic N) is 2. The van der Waals surface area contributed by atoms with Crippen molar-refractivity contribution in [1.29, 1.82) is 0 Å². The number of carboxylic acids is 1. The lowest BCUT2D eigenvalue weighted by Crippen LogP contribution is -2.31. The SMILES string of the molecule is Cn1cc(C(=O)NC(c2ccc(OC(F)(F)F)cc2)c2ncccc2F)ccc1=O.O=C(O)C(F)(F)F. The molecule has 3 aromatic rings. The zero-order chi connectivity index (χ0) is 28.0. The standard InChI is InChI=1S/C20H15F4N3O3.C2HF3O2/c1-27-11-13(6-9-16(27)28)19(29)26-17(18-15(21)3-2-10-25-18)12-4-7-14(8-5-12)30-20(22,23)24;3-2(4,5)1(6)7/h2-11,17H,1H3,(H,26,29);(H,6,7). The van der Waals surface area contributed by atoms with Crippen LogP contribution in [-0.2, 0) is 11.8 Å². The van der Waals surface area contributed by atoms with Gasteiger partial charge in [-0.25, -0.2) is 9.18 Å². The van der Waals surface area contributed by atoms with E-state index in [1.807, 2.05) is 0 Å². The molecule has 37 heavy (non-hydrogen) atoms. The van der Waals surface area contributed by atoms with Crippen molar-refractivity contribution in [2.24, 2.45) is 7.05 Å². The normalized spacial score (nSPS) is 12.1. The summed E-state index contributed by atoms with van der Waals surface area (Å²) in [5.41, 5.74) is -0.0324. The Morgan fingerprint density at radius 3 is 2.11 bits per heavy atom. The van der Waals surface area contributed by atoms with E-state index in [4.69, 9.17) is 9.90 Å². The molecule has 1 aromatic carbocycles. The highest BCUT2D eigenvalue weighted by Crippen LogP contribution is 2.27. The van der Waals surface area contributed by atoms with Crippen LogP contribution in [0.15, 0.2) is 65.7 Å². The summed E-state index contributed by atoms with van der Waals surface area (Å²) in [6.45, 7) is 0. The maximum atomic E-state index is 14.4. The van der Waals surface area contributed by atoms with Crippen molar-refractivity contribution < 1.29 is 50.2 Å². The smallest absolute Gasteiger partial charge is 0.475 e. The lowest BCUT2D eigenvalue weighted by atomic mass is 10.0. The molecule has 2 heterocycles. The lowest BCUT2D eigenvalue weighted by molar-refractivity contribution is -0.274. The van der Waals surface area contributed by atoms with Gasteiger partial charge in [0.2, 0.25) is 5.56 Å². The first-order valence-corrected chi connectivity index (χ1v) is 9.82. The second-order valence-electron chi connectivity index (χ2n) is 7.06. The minimum Gasteiger partial charge on any atom is -0.475 e. The van der Waals surface area contributed by atoms with Crippen LogP contribution in [0.25, 0.3) is 0 Å². The Morgan fingerprint density at radius 1 is 1.03 bits per heavy atom. The largest absolute Gasteiger partial charge is 0.573 e. The Morgan fingerprint density at radius 2 is 1.62 bits per heavy atom. The fraction of sp³-hybridized carbons (Fsp3) is 0.182. The van der Waals surface area contributed by atoms with Gasteiger partial charge >= 0.3 is 18.5 Å². The third kappa shape index (κ3) is 8.63. The van der Waals surface area contributed by atoms with Gasteiger partial charge in [0, 0.05) is 25.5 Å². The Bertz CT molecular complexity index is 1310. The van der Waals surface area contributed by atoms with Crippen molar-refractivity contribution in [3.05, 3.63) is 93.9 Å². The minimum absolute atomic E-state index is 0.125. The van der Waals surface area contributed by atoms with Crippen LogP contribution >= 0.6 is 0 Å². The number of carbonyl (C=O) groups is 2. The summed E-state index contributed by atoms with van der Waals surface area (Å²) in [6, 6.07) is 8.56. The molecule has 0 aliphatic rings. The maximum absolute atomic E-state index is 14.4. The molecule has 8 nitrogen and oxygen atoms in total. The molecule has 1 amide bonds. The first kappa shape index (κ1) is 28.8. The van der Waals surface area contributed by atoms with Crippen LogP contribution in [0.5, 0.6) is 5.75 Å². The molecule has 1 unspecified atom stereocenters. The van der Waals surface area contributed by atoms with Crippen molar-refractivity contribution in [3.63, 3.8) is 0 Å². The van der Waals surface area contributed by atoms with Crippen LogP contribution in [-0.4, -0.2) is 39.1 Å². The maximum Gasteiger partial charge on any atom is 0.573 e. The third-order valence-electron chi connectivity index (χ3n) is 4.37. The van der Waals surface area contributed by atoms with Gasteiger partial charge in [-0.2, -0.15) is 13.2 Å². The van der Waals surface area contributed by atoms with Crippen molar-refractivity contribution >= 4 is 11.9 Å². The van der Waals surface area contributed by atoms with Crippen LogP contribution in [0.4, 0.5) is 30.7 Å². The fourth-order valence-corrected chi connectivity index (χ4v) is 2.72. The number of pyridine rings is 2. The molecule has 0 aliphatic heterocycles. The predicted molar refractivity (Wildman–Crippen MR) is 112 cm³/mol. The van der Waals surface area contributed by atoms with Gasteiger partial charge in [0.1, 0.15) is 17.3 Å². The number of hydrogen-bond acceptors (Lipinski definition) is 5. The van der Waals surface area contributed by atoms with E-state index < -0.39 is 42.0 Å². The van der Waals surface area contributed by atoms with Gasteiger partial charge in [0.25, 0.3) is 5.91 Å². The van der Waals surface area contributed by atoms with Gasteiger partial charge in [-0.1, -0.05) is 12.1 Å². The van der Waals surface area contributed by atoms with E-state index in [2.05, 4.69) is 15.0 Å². The van der Waals surface area contributed by atoms with Crippen LogP contribution in [0.3, 0.4) is 0 Å². The number of halogens is 7. The van der Waals surface area contributed by atoms with Crippen molar-refractivity contribution in [2.75, 3.05) is 0 Å². The Kier molecular flexibility index (Phi) is 8.98. The van der Waals surface area contributed by atoms with E-state index in [9.17, 15) is 40.3 Å². The molecule has 198 valence electrons. The van der Waals surface area contributed by atoms with E-state index in [0.717, 1.165) is 18.2 Å². The summed E-state index contributed by atoms with van der Waals surface area (Å²) in [7, 11) is 1.47. The number of aromatic nitrogens is 2. The number of nitrogens with one attached hydrogen (secondary N) is 1. The summed E-state index contributed by atoms with van der Waals surface area (Å²) < 4.78 is 88.3. The van der Waals surface area contributed by atoms with Gasteiger partial charge in [-0.3, -0.25) is 14.6 Å². The summed E-state index contributed by atoms with van der Waals surface area (Å²) >= 11 is 0. The number of rotatable bonds is 5. The monoisotopic (exact) mass is 535 g/mol. The molecule has 0 spiro atoms. The number of alkyl halides is 6. The van der Waals surface area contributed by atoms with E-state index in [1.54, 1.807) is 0 Å². The van der Waals surface area contributed by atoms with Crippen molar-refractivity contribution in [2.45, 2.75) is 18.6 Å². The number of carboxylic acid groups (broad SMARTS) is 1. The van der Waals surface area contributed by atoms with Gasteiger partial charge in [-0.05, 0) is 35.9 Å². The summed E-state index contributed by atoms with van der Waals surface area (Å²) in [5.74, 6) is -4.56. The third-order valence-corrected chi connectivity index (χ3v) is 4.37. The molecule has 2 aromatic heterocycles. The summed E-state index contributed by atoms with van der Waals surface area (Å²) in [4.78, 5) is 37.1. The van der Waals surface area contributed by atoms with Crippen molar-refractivity contribution in [3.8, 4) is 5.75 Å². The molecule has 0 radical (unpaired) electrons. The number of aryl methyl sites for hydroxylation is 1. The number of ether oxygens (including phenoxy) is 1. The molecule has 2 N–H and O–H groups in total. The van der Waals surface area contributed by atoms with Gasteiger partial charge < -0.3 is 19.7 Å². The molecular formula is C22H16F7N3O5. The average molecular weight is 535 g/mol. The number of hydrogen-bond donors (Lipinski definition) is 2. The molecule has 1 atom stereocenters. The Labute approximate surface area is 202 Å². The highest BCUT2D eigenvalue weighted by Gasteiger charge is 2.38. The van der Waals surface area contributed by atoms with E-state index in [0.29, 0.717) is 0 Å². The second-order valence-corrected chi connectivity index (χ2v) is 7.06. The van der Waals surface area contributed by atoms with Crippen LogP contribution < -0.4 is 15.6 Å². The molecule has 0 saturated carbocycles. The zero-order valence-electron chi connectivity index (χ0n) is 18.5. The molecular weight excluding hydrogens is 519 g/mol. The van der Waals surface area contributed by atoms with E-state index in [-0.39, 0.29) is 22.4 Å². The van der Waals surface area contributed by atoms with E-state index >= 15 is 0 Å². The highest BCUT2D eigenvalue weighted by molar-refractivity contribution is 5.94. The van der Waals surface area contributed by atoms with Gasteiger partial charge in [0.05, 0.1) is 11.6 Å². The van der Waals surface area contributed by atoms with Gasteiger partial charge in [-0.15, -0.1) is 13.2 Å². The predicted octanol–water partition coefficient (Wildman–Crippen LogP) is 3.97. The Hall–Kier alpha value is -4.43. The topological polar surface area (TPSA) is 111 Å². The van der Waals surface area contributed by atoms with Crippen LogP contribution in [0, 0.1) is 5.82 Å². The molecule has 3 rings (SSSR count). The number of aliphatic carboxylic acids is 1. The second kappa shape index (κ2) is 11.5. The number of amides is 1. The summed E-state index contributed by atoms with van der Waals surface area (Å²) in [6.07, 6.45) is -7.31. The average Bonchev–Trinajstić information content (AvgIpc) is 2.79. The molecule has 15 heteroatoms. The number of carbonyl (C=O) groups excluding carboxylic acids is 1.